The molecule has 0 aliphatic heterocycles. The van der Waals surface area contributed by atoms with E-state index < -0.39 is 23.7 Å². The number of aliphatic carboxylic acids is 1. The molecule has 0 unspecified atom stereocenters. The Labute approximate surface area is 131 Å². The highest BCUT2D eigenvalue weighted by atomic mass is 16.4. The van der Waals surface area contributed by atoms with Crippen LogP contribution in [0.2, 0.25) is 0 Å². The van der Waals surface area contributed by atoms with Gasteiger partial charge in [0.05, 0.1) is 5.69 Å². The standard InChI is InChI=1S/C16H14N2O5/c19-14-7-6-11(9-12(14)15(20)21)17-18-13(16(22)23)8-10-4-2-1-3-5-10/h1-7,9,13,19H,8H2,(H,20,21)(H,22,23)/t13-/m1/s1. The van der Waals surface area contributed by atoms with Crippen molar-refractivity contribution in [3.05, 3.63) is 59.7 Å². The van der Waals surface area contributed by atoms with Crippen LogP contribution in [0.4, 0.5) is 5.69 Å². The summed E-state index contributed by atoms with van der Waals surface area (Å²) in [5.41, 5.74) is 0.631. The molecule has 1 atom stereocenters. The maximum Gasteiger partial charge on any atom is 0.339 e. The Kier molecular flexibility index (Phi) is 5.03. The molecule has 7 nitrogen and oxygen atoms in total. The SMILES string of the molecule is O=C(O)c1cc(N=N[C@H](Cc2ccccc2)C(=O)O)ccc1O. The molecule has 23 heavy (non-hydrogen) atoms. The number of carbonyl (C=O) groups is 2. The third kappa shape index (κ3) is 4.37. The second-order valence-corrected chi connectivity index (χ2v) is 4.77. The van der Waals surface area contributed by atoms with E-state index in [-0.39, 0.29) is 17.7 Å². The summed E-state index contributed by atoms with van der Waals surface area (Å²) < 4.78 is 0. The van der Waals surface area contributed by atoms with Crippen molar-refractivity contribution in [1.29, 1.82) is 0 Å². The van der Waals surface area contributed by atoms with Crippen molar-refractivity contribution in [1.82, 2.24) is 0 Å². The van der Waals surface area contributed by atoms with Crippen molar-refractivity contribution in [3.63, 3.8) is 0 Å². The van der Waals surface area contributed by atoms with Gasteiger partial charge >= 0.3 is 11.9 Å². The smallest absolute Gasteiger partial charge is 0.339 e. The molecule has 0 saturated heterocycles. The number of carboxylic acids is 2. The minimum atomic E-state index is -1.31. The first-order valence-corrected chi connectivity index (χ1v) is 6.71. The molecule has 0 saturated carbocycles. The number of rotatable bonds is 6. The van der Waals surface area contributed by atoms with E-state index in [9.17, 15) is 19.8 Å². The van der Waals surface area contributed by atoms with Crippen molar-refractivity contribution in [2.75, 3.05) is 0 Å². The Hall–Kier alpha value is -3.22. The predicted octanol–water partition coefficient (Wildman–Crippen LogP) is 2.87. The zero-order valence-electron chi connectivity index (χ0n) is 12.0. The van der Waals surface area contributed by atoms with Crippen molar-refractivity contribution in [3.8, 4) is 5.75 Å². The maximum atomic E-state index is 11.3. The van der Waals surface area contributed by atoms with Crippen LogP contribution in [0.1, 0.15) is 15.9 Å². The molecule has 0 amide bonds. The summed E-state index contributed by atoms with van der Waals surface area (Å²) in [6.07, 6.45) is 0.170. The summed E-state index contributed by atoms with van der Waals surface area (Å²) in [6.45, 7) is 0. The van der Waals surface area contributed by atoms with Gasteiger partial charge in [0, 0.05) is 6.42 Å². The summed E-state index contributed by atoms with van der Waals surface area (Å²) in [6, 6.07) is 11.6. The van der Waals surface area contributed by atoms with Gasteiger partial charge in [-0.2, -0.15) is 10.2 Å². The second kappa shape index (κ2) is 7.17. The van der Waals surface area contributed by atoms with Gasteiger partial charge in [-0.05, 0) is 23.8 Å². The van der Waals surface area contributed by atoms with Crippen LogP contribution in [0.25, 0.3) is 0 Å². The summed E-state index contributed by atoms with van der Waals surface area (Å²) in [4.78, 5) is 22.2. The van der Waals surface area contributed by atoms with Gasteiger partial charge < -0.3 is 15.3 Å². The molecule has 0 aromatic heterocycles. The van der Waals surface area contributed by atoms with Crippen LogP contribution in [0.5, 0.6) is 5.75 Å². The van der Waals surface area contributed by atoms with E-state index in [1.807, 2.05) is 6.07 Å². The van der Waals surface area contributed by atoms with Crippen LogP contribution in [0, 0.1) is 0 Å². The minimum Gasteiger partial charge on any atom is -0.507 e. The molecule has 0 bridgehead atoms. The highest BCUT2D eigenvalue weighted by Crippen LogP contribution is 2.24. The Bertz CT molecular complexity index is 743. The number of hydrogen-bond donors (Lipinski definition) is 3. The average Bonchev–Trinajstić information content (AvgIpc) is 2.53. The van der Waals surface area contributed by atoms with Crippen molar-refractivity contribution in [2.24, 2.45) is 10.2 Å². The topological polar surface area (TPSA) is 120 Å². The molecule has 0 spiro atoms. The van der Waals surface area contributed by atoms with Gasteiger partial charge in [0.2, 0.25) is 0 Å². The fourth-order valence-corrected chi connectivity index (χ4v) is 1.91. The zero-order valence-corrected chi connectivity index (χ0v) is 12.0. The van der Waals surface area contributed by atoms with Crippen LogP contribution in [-0.4, -0.2) is 33.3 Å². The zero-order chi connectivity index (χ0) is 16.8. The second-order valence-electron chi connectivity index (χ2n) is 4.77. The van der Waals surface area contributed by atoms with Gasteiger partial charge in [0.1, 0.15) is 11.3 Å². The molecule has 0 heterocycles. The van der Waals surface area contributed by atoms with Crippen LogP contribution in [0.15, 0.2) is 58.8 Å². The number of nitrogens with zero attached hydrogens (tertiary/aromatic N) is 2. The van der Waals surface area contributed by atoms with E-state index in [0.717, 1.165) is 11.6 Å². The van der Waals surface area contributed by atoms with E-state index in [0.29, 0.717) is 0 Å². The number of aromatic hydroxyl groups is 1. The molecule has 0 fully saturated rings. The molecule has 0 aliphatic rings. The number of carboxylic acid groups (broad SMARTS) is 2. The van der Waals surface area contributed by atoms with Gasteiger partial charge in [-0.25, -0.2) is 9.59 Å². The third-order valence-electron chi connectivity index (χ3n) is 3.08. The monoisotopic (exact) mass is 314 g/mol. The summed E-state index contributed by atoms with van der Waals surface area (Å²) in [7, 11) is 0. The Morgan fingerprint density at radius 3 is 2.35 bits per heavy atom. The number of aromatic carboxylic acids is 1. The van der Waals surface area contributed by atoms with Crippen molar-refractivity contribution < 1.29 is 24.9 Å². The van der Waals surface area contributed by atoms with Crippen molar-refractivity contribution in [2.45, 2.75) is 12.5 Å². The lowest BCUT2D eigenvalue weighted by atomic mass is 10.1. The molecule has 0 radical (unpaired) electrons. The van der Waals surface area contributed by atoms with Crippen molar-refractivity contribution >= 4 is 17.6 Å². The van der Waals surface area contributed by atoms with Gasteiger partial charge in [0.25, 0.3) is 0 Å². The first kappa shape index (κ1) is 16.2. The fraction of sp³-hybridized carbons (Fsp3) is 0.125. The number of phenols is 1. The number of hydrogen-bond acceptors (Lipinski definition) is 5. The largest absolute Gasteiger partial charge is 0.507 e. The molecule has 118 valence electrons. The Balaban J connectivity index is 2.20. The molecule has 7 heteroatoms. The van der Waals surface area contributed by atoms with Crippen LogP contribution < -0.4 is 0 Å². The molecule has 2 aromatic rings. The highest BCUT2D eigenvalue weighted by Gasteiger charge is 2.17. The molecule has 3 N–H and O–H groups in total. The van der Waals surface area contributed by atoms with Crippen LogP contribution >= 0.6 is 0 Å². The minimum absolute atomic E-state index is 0.152. The predicted molar refractivity (Wildman–Crippen MR) is 81.2 cm³/mol. The van der Waals surface area contributed by atoms with E-state index in [1.165, 1.54) is 12.1 Å². The molecule has 0 aliphatic carbocycles. The first-order valence-electron chi connectivity index (χ1n) is 6.71. The Morgan fingerprint density at radius 1 is 1.04 bits per heavy atom. The van der Waals surface area contributed by atoms with Crippen LogP contribution in [0.3, 0.4) is 0 Å². The van der Waals surface area contributed by atoms with Gasteiger partial charge in [-0.3, -0.25) is 0 Å². The summed E-state index contributed by atoms with van der Waals surface area (Å²) in [5.74, 6) is -2.83. The lowest BCUT2D eigenvalue weighted by Gasteiger charge is -2.06. The van der Waals surface area contributed by atoms with E-state index in [2.05, 4.69) is 10.2 Å². The Morgan fingerprint density at radius 2 is 1.74 bits per heavy atom. The van der Waals surface area contributed by atoms with Gasteiger partial charge in [0.15, 0.2) is 6.04 Å². The lowest BCUT2D eigenvalue weighted by molar-refractivity contribution is -0.138. The average molecular weight is 314 g/mol. The normalized spacial score (nSPS) is 12.2. The number of benzene rings is 2. The van der Waals surface area contributed by atoms with E-state index in [1.54, 1.807) is 24.3 Å². The molecule has 2 rings (SSSR count). The molecular weight excluding hydrogens is 300 g/mol. The van der Waals surface area contributed by atoms with E-state index in [4.69, 9.17) is 5.11 Å². The van der Waals surface area contributed by atoms with E-state index >= 15 is 0 Å². The summed E-state index contributed by atoms with van der Waals surface area (Å²) >= 11 is 0. The molecular formula is C16H14N2O5. The van der Waals surface area contributed by atoms with Gasteiger partial charge in [-0.1, -0.05) is 30.3 Å². The third-order valence-corrected chi connectivity index (χ3v) is 3.08. The summed E-state index contributed by atoms with van der Waals surface area (Å²) in [5, 5.41) is 35.1. The number of azo groups is 1. The fourth-order valence-electron chi connectivity index (χ4n) is 1.91. The van der Waals surface area contributed by atoms with Crippen LogP contribution in [-0.2, 0) is 11.2 Å². The lowest BCUT2D eigenvalue weighted by Crippen LogP contribution is -2.20. The first-order chi connectivity index (χ1) is 11.0. The van der Waals surface area contributed by atoms with Gasteiger partial charge in [-0.15, -0.1) is 0 Å². The quantitative estimate of drug-likeness (QED) is 0.708. The maximum absolute atomic E-state index is 11.3. The highest BCUT2D eigenvalue weighted by molar-refractivity contribution is 5.91. The molecule has 2 aromatic carbocycles.